The van der Waals surface area contributed by atoms with E-state index in [4.69, 9.17) is 8.92 Å². The predicted molar refractivity (Wildman–Crippen MR) is 108 cm³/mol. The molecule has 2 atom stereocenters. The van der Waals surface area contributed by atoms with Crippen LogP contribution in [0.3, 0.4) is 0 Å². The number of hydrogen-bond acceptors (Lipinski definition) is 4. The van der Waals surface area contributed by atoms with Gasteiger partial charge in [0.1, 0.15) is 24.3 Å². The zero-order valence-corrected chi connectivity index (χ0v) is 17.9. The Hall–Kier alpha value is -2.82. The molecule has 3 aromatic carbocycles. The molecule has 10 heteroatoms. The average molecular weight is 484 g/mol. The Morgan fingerprint density at radius 3 is 2.18 bits per heavy atom. The topological polar surface area (TPSA) is 55.9 Å². The van der Waals surface area contributed by atoms with E-state index in [2.05, 4.69) is 0 Å². The summed E-state index contributed by atoms with van der Waals surface area (Å²) in [6, 6.07) is 12.5. The van der Waals surface area contributed by atoms with Crippen molar-refractivity contribution in [1.29, 1.82) is 0 Å². The van der Waals surface area contributed by atoms with Crippen LogP contribution in [0.5, 0.6) is 0 Å². The molecule has 0 N–H and O–H groups in total. The number of rotatable bonds is 6. The lowest BCUT2D eigenvalue weighted by Gasteiger charge is -2.16. The number of hydrogen-bond donors (Lipinski definition) is 0. The SMILES string of the molecule is Cc1ccc(S(=O)(=O)OC[C@@]2(c3ccc(F)cc3F)O[C@H]2c2ccc(C(F)(F)F)cc2)cc1. The molecule has 1 heterocycles. The average Bonchev–Trinajstić information content (AvgIpc) is 3.48. The van der Waals surface area contributed by atoms with Crippen LogP contribution in [0, 0.1) is 18.6 Å². The van der Waals surface area contributed by atoms with Crippen molar-refractivity contribution in [3.63, 3.8) is 0 Å². The lowest BCUT2D eigenvalue weighted by atomic mass is 9.91. The van der Waals surface area contributed by atoms with Gasteiger partial charge < -0.3 is 4.74 Å². The quantitative estimate of drug-likeness (QED) is 0.257. The molecule has 0 unspecified atom stereocenters. The molecular weight excluding hydrogens is 467 g/mol. The van der Waals surface area contributed by atoms with Crippen molar-refractivity contribution in [1.82, 2.24) is 0 Å². The van der Waals surface area contributed by atoms with Gasteiger partial charge in [-0.05, 0) is 42.8 Å². The van der Waals surface area contributed by atoms with E-state index in [1.54, 1.807) is 19.1 Å². The Bertz CT molecular complexity index is 1270. The van der Waals surface area contributed by atoms with Crippen LogP contribution in [0.15, 0.2) is 71.6 Å². The molecule has 1 aliphatic heterocycles. The Morgan fingerprint density at radius 2 is 1.61 bits per heavy atom. The summed E-state index contributed by atoms with van der Waals surface area (Å²) in [6.45, 7) is 1.10. The molecule has 33 heavy (non-hydrogen) atoms. The van der Waals surface area contributed by atoms with E-state index < -0.39 is 51.8 Å². The monoisotopic (exact) mass is 484 g/mol. The van der Waals surface area contributed by atoms with Gasteiger partial charge >= 0.3 is 6.18 Å². The molecule has 4 rings (SSSR count). The van der Waals surface area contributed by atoms with Crippen LogP contribution in [0.2, 0.25) is 0 Å². The van der Waals surface area contributed by atoms with Gasteiger partial charge in [-0.15, -0.1) is 0 Å². The normalized spacial score (nSPS) is 20.6. The maximum atomic E-state index is 14.6. The van der Waals surface area contributed by atoms with E-state index in [0.717, 1.165) is 42.0 Å². The third kappa shape index (κ3) is 4.64. The van der Waals surface area contributed by atoms with Crippen LogP contribution in [0.1, 0.15) is 28.4 Å². The zero-order chi connectivity index (χ0) is 24.0. The molecule has 174 valence electrons. The first-order valence-corrected chi connectivity index (χ1v) is 11.1. The zero-order valence-electron chi connectivity index (χ0n) is 17.1. The first-order valence-electron chi connectivity index (χ1n) is 9.69. The summed E-state index contributed by atoms with van der Waals surface area (Å²) < 4.78 is 103. The van der Waals surface area contributed by atoms with E-state index in [1.165, 1.54) is 12.1 Å². The summed E-state index contributed by atoms with van der Waals surface area (Å²) in [5.41, 5.74) is -1.65. The molecule has 0 radical (unpaired) electrons. The van der Waals surface area contributed by atoms with E-state index in [0.29, 0.717) is 6.07 Å². The highest BCUT2D eigenvalue weighted by molar-refractivity contribution is 7.86. The molecule has 1 aliphatic rings. The Morgan fingerprint density at radius 1 is 0.970 bits per heavy atom. The fourth-order valence-corrected chi connectivity index (χ4v) is 4.46. The fourth-order valence-electron chi connectivity index (χ4n) is 3.52. The maximum absolute atomic E-state index is 14.6. The molecule has 0 aliphatic carbocycles. The van der Waals surface area contributed by atoms with Crippen LogP contribution in [0.25, 0.3) is 0 Å². The molecular formula is C23H17F5O4S. The smallest absolute Gasteiger partial charge is 0.353 e. The van der Waals surface area contributed by atoms with Gasteiger partial charge in [0.15, 0.2) is 5.60 Å². The van der Waals surface area contributed by atoms with E-state index in [9.17, 15) is 30.4 Å². The van der Waals surface area contributed by atoms with Gasteiger partial charge in [0.05, 0.1) is 10.5 Å². The van der Waals surface area contributed by atoms with Gasteiger partial charge in [-0.25, -0.2) is 8.78 Å². The molecule has 0 bridgehead atoms. The lowest BCUT2D eigenvalue weighted by molar-refractivity contribution is -0.137. The van der Waals surface area contributed by atoms with Gasteiger partial charge in [-0.3, -0.25) is 4.18 Å². The minimum absolute atomic E-state index is 0.130. The summed E-state index contributed by atoms with van der Waals surface area (Å²) in [6.07, 6.45) is -5.55. The molecule has 4 nitrogen and oxygen atoms in total. The number of alkyl halides is 3. The number of aryl methyl sites for hydroxylation is 1. The number of benzene rings is 3. The van der Waals surface area contributed by atoms with Crippen LogP contribution < -0.4 is 0 Å². The number of epoxide rings is 1. The van der Waals surface area contributed by atoms with E-state index in [-0.39, 0.29) is 16.0 Å². The highest BCUT2D eigenvalue weighted by Crippen LogP contribution is 2.58. The Kier molecular flexibility index (Phi) is 5.80. The van der Waals surface area contributed by atoms with Crippen LogP contribution in [-0.2, 0) is 30.8 Å². The van der Waals surface area contributed by atoms with Crippen molar-refractivity contribution in [3.05, 3.63) is 101 Å². The predicted octanol–water partition coefficient (Wildman–Crippen LogP) is 5.66. The van der Waals surface area contributed by atoms with Crippen molar-refractivity contribution >= 4 is 10.1 Å². The Balaban J connectivity index is 1.66. The largest absolute Gasteiger partial charge is 0.416 e. The van der Waals surface area contributed by atoms with Gasteiger partial charge in [-0.2, -0.15) is 21.6 Å². The van der Waals surface area contributed by atoms with Gasteiger partial charge in [0, 0.05) is 11.6 Å². The second-order valence-electron chi connectivity index (χ2n) is 7.66. The van der Waals surface area contributed by atoms with Crippen molar-refractivity contribution in [2.75, 3.05) is 6.61 Å². The molecule has 1 saturated heterocycles. The summed E-state index contributed by atoms with van der Waals surface area (Å²) in [7, 11) is -4.26. The number of ether oxygens (including phenoxy) is 1. The number of halogens is 5. The standard InChI is InChI=1S/C23H17F5O4S/c1-14-2-9-18(10-3-14)33(29,30)31-13-22(19-11-8-17(24)12-20(19)25)21(32-22)15-4-6-16(7-5-15)23(26,27)28/h2-12,21H,13H2,1H3/t21-,22-/m0/s1. The first kappa shape index (κ1) is 23.3. The van der Waals surface area contributed by atoms with Crippen molar-refractivity contribution in [3.8, 4) is 0 Å². The summed E-state index contributed by atoms with van der Waals surface area (Å²) in [5, 5.41) is 0. The molecule has 0 aromatic heterocycles. The second-order valence-corrected chi connectivity index (χ2v) is 9.28. The third-order valence-corrected chi connectivity index (χ3v) is 6.64. The van der Waals surface area contributed by atoms with E-state index in [1.807, 2.05) is 0 Å². The lowest BCUT2D eigenvalue weighted by Crippen LogP contribution is -2.23. The third-order valence-electron chi connectivity index (χ3n) is 5.36. The fraction of sp³-hybridized carbons (Fsp3) is 0.217. The molecule has 0 saturated carbocycles. The van der Waals surface area contributed by atoms with E-state index >= 15 is 0 Å². The van der Waals surface area contributed by atoms with Crippen LogP contribution in [-0.4, -0.2) is 15.0 Å². The summed E-state index contributed by atoms with van der Waals surface area (Å²) in [4.78, 5) is -0.130. The van der Waals surface area contributed by atoms with Gasteiger partial charge in [0.2, 0.25) is 0 Å². The minimum Gasteiger partial charge on any atom is -0.353 e. The maximum Gasteiger partial charge on any atom is 0.416 e. The van der Waals surface area contributed by atoms with Crippen molar-refractivity contribution in [2.45, 2.75) is 29.7 Å². The summed E-state index contributed by atoms with van der Waals surface area (Å²) in [5.74, 6) is -1.85. The molecule has 0 spiro atoms. The minimum atomic E-state index is -4.55. The van der Waals surface area contributed by atoms with Crippen LogP contribution in [0.4, 0.5) is 22.0 Å². The Labute approximate surface area is 186 Å². The van der Waals surface area contributed by atoms with Crippen molar-refractivity contribution < 1.29 is 39.3 Å². The van der Waals surface area contributed by atoms with Crippen molar-refractivity contribution in [2.24, 2.45) is 0 Å². The van der Waals surface area contributed by atoms with Gasteiger partial charge in [0.25, 0.3) is 10.1 Å². The molecule has 1 fully saturated rings. The molecule has 3 aromatic rings. The highest BCUT2D eigenvalue weighted by atomic mass is 32.2. The molecule has 0 amide bonds. The van der Waals surface area contributed by atoms with Gasteiger partial charge in [-0.1, -0.05) is 35.9 Å². The highest BCUT2D eigenvalue weighted by Gasteiger charge is 2.61. The van der Waals surface area contributed by atoms with Crippen LogP contribution >= 0.6 is 0 Å². The second kappa shape index (κ2) is 8.19. The summed E-state index contributed by atoms with van der Waals surface area (Å²) >= 11 is 0. The first-order chi connectivity index (χ1) is 15.4.